The minimum atomic E-state index is -1.26. The van der Waals surface area contributed by atoms with Crippen molar-refractivity contribution in [3.8, 4) is 0 Å². The van der Waals surface area contributed by atoms with Gasteiger partial charge in [-0.1, -0.05) is 44.5 Å². The number of aliphatic hydroxyl groups excluding tert-OH is 1. The van der Waals surface area contributed by atoms with Crippen LogP contribution in [0.1, 0.15) is 62.6 Å². The van der Waals surface area contributed by atoms with Gasteiger partial charge in [-0.2, -0.15) is 0 Å². The zero-order valence-electron chi connectivity index (χ0n) is 23.5. The standard InChI is InChI=1S/C30H41F2N3O5/c1-4-6-10-25(36)11-12-27(34-30(39)40-3)29(38)35(18-21-9-7-8-20(5-2)13-21)19-28(37)26(33)16-22-14-23(31)17-24(32)15-22/h7-9,13-15,17,26-28,37H,4-6,10-12,16,18-19,33H2,1-3H3,(H,34,39)/t26-,27+,28+/m0/s1. The van der Waals surface area contributed by atoms with Gasteiger partial charge in [0, 0.05) is 38.0 Å². The second kappa shape index (κ2) is 16.7. The number of nitrogens with two attached hydrogens (primary N) is 1. The Kier molecular flexibility index (Phi) is 13.7. The molecule has 0 radical (unpaired) electrons. The first-order chi connectivity index (χ1) is 19.1. The van der Waals surface area contributed by atoms with E-state index in [-0.39, 0.29) is 43.7 Å². The third-order valence-corrected chi connectivity index (χ3v) is 6.68. The van der Waals surface area contributed by atoms with Crippen molar-refractivity contribution in [3.63, 3.8) is 0 Å². The highest BCUT2D eigenvalue weighted by Gasteiger charge is 2.30. The molecule has 0 aromatic heterocycles. The number of carbonyl (C=O) groups excluding carboxylic acids is 3. The molecule has 4 N–H and O–H groups in total. The zero-order chi connectivity index (χ0) is 29.7. The SMILES string of the molecule is CCCCC(=O)CC[C@@H](NC(=O)OC)C(=O)N(Cc1cccc(CC)c1)C[C@@H](O)[C@@H](N)Cc1cc(F)cc(F)c1. The number of aryl methyl sites for hydroxylation is 1. The molecular weight excluding hydrogens is 520 g/mol. The van der Waals surface area contributed by atoms with Gasteiger partial charge < -0.3 is 25.8 Å². The fourth-order valence-corrected chi connectivity index (χ4v) is 4.38. The molecule has 220 valence electrons. The lowest BCUT2D eigenvalue weighted by Crippen LogP contribution is -2.52. The van der Waals surface area contributed by atoms with Crippen molar-refractivity contribution in [1.82, 2.24) is 10.2 Å². The maximum atomic E-state index is 13.8. The number of nitrogens with one attached hydrogen (secondary N) is 1. The quantitative estimate of drug-likeness (QED) is 0.284. The molecule has 0 bridgehead atoms. The van der Waals surface area contributed by atoms with Crippen LogP contribution in [0.2, 0.25) is 0 Å². The molecule has 0 spiro atoms. The van der Waals surface area contributed by atoms with E-state index in [1.807, 2.05) is 38.1 Å². The van der Waals surface area contributed by atoms with Crippen LogP contribution in [-0.2, 0) is 33.7 Å². The van der Waals surface area contributed by atoms with E-state index in [0.29, 0.717) is 6.42 Å². The van der Waals surface area contributed by atoms with E-state index in [4.69, 9.17) is 10.5 Å². The lowest BCUT2D eigenvalue weighted by molar-refractivity contribution is -0.136. The van der Waals surface area contributed by atoms with Crippen molar-refractivity contribution in [2.45, 2.75) is 83.5 Å². The smallest absolute Gasteiger partial charge is 0.407 e. The average Bonchev–Trinajstić information content (AvgIpc) is 2.92. The second-order valence-electron chi connectivity index (χ2n) is 9.97. The number of unbranched alkanes of at least 4 members (excludes halogenated alkanes) is 1. The van der Waals surface area contributed by atoms with Crippen molar-refractivity contribution >= 4 is 17.8 Å². The van der Waals surface area contributed by atoms with E-state index in [2.05, 4.69) is 5.32 Å². The summed E-state index contributed by atoms with van der Waals surface area (Å²) in [6, 6.07) is 8.63. The van der Waals surface area contributed by atoms with Crippen molar-refractivity contribution in [2.75, 3.05) is 13.7 Å². The maximum Gasteiger partial charge on any atom is 0.407 e. The van der Waals surface area contributed by atoms with Crippen molar-refractivity contribution in [1.29, 1.82) is 0 Å². The minimum absolute atomic E-state index is 0.0158. The Bertz CT molecular complexity index is 1110. The number of Topliss-reactive ketones (excluding diaryl/α,β-unsaturated/α-hetero) is 1. The summed E-state index contributed by atoms with van der Waals surface area (Å²) in [5, 5.41) is 13.5. The molecule has 2 aromatic rings. The van der Waals surface area contributed by atoms with Gasteiger partial charge >= 0.3 is 6.09 Å². The number of rotatable bonds is 16. The molecule has 0 heterocycles. The number of nitrogens with zero attached hydrogens (tertiary/aromatic N) is 1. The maximum absolute atomic E-state index is 13.8. The summed E-state index contributed by atoms with van der Waals surface area (Å²) in [5.74, 6) is -2.04. The molecule has 3 atom stereocenters. The van der Waals surface area contributed by atoms with Gasteiger partial charge in [0.1, 0.15) is 23.5 Å². The monoisotopic (exact) mass is 561 g/mol. The first kappa shape index (κ1) is 32.8. The summed E-state index contributed by atoms with van der Waals surface area (Å²) in [6.45, 7) is 3.88. The minimum Gasteiger partial charge on any atom is -0.453 e. The van der Waals surface area contributed by atoms with Crippen LogP contribution in [-0.4, -0.2) is 59.6 Å². The Morgan fingerprint density at radius 3 is 2.33 bits per heavy atom. The number of carbonyl (C=O) groups is 3. The van der Waals surface area contributed by atoms with Crippen LogP contribution in [0.3, 0.4) is 0 Å². The van der Waals surface area contributed by atoms with Crippen LogP contribution < -0.4 is 11.1 Å². The number of methoxy groups -OCH3 is 1. The van der Waals surface area contributed by atoms with Crippen LogP contribution in [0.4, 0.5) is 13.6 Å². The summed E-state index contributed by atoms with van der Waals surface area (Å²) in [7, 11) is 1.18. The Labute approximate surface area is 234 Å². The van der Waals surface area contributed by atoms with Gasteiger partial charge in [0.15, 0.2) is 0 Å². The van der Waals surface area contributed by atoms with Gasteiger partial charge in [-0.15, -0.1) is 0 Å². The molecule has 40 heavy (non-hydrogen) atoms. The molecule has 0 saturated carbocycles. The van der Waals surface area contributed by atoms with E-state index in [9.17, 15) is 28.3 Å². The number of ether oxygens (including phenoxy) is 1. The molecule has 0 aliphatic heterocycles. The highest BCUT2D eigenvalue weighted by Crippen LogP contribution is 2.16. The molecule has 2 aromatic carbocycles. The van der Waals surface area contributed by atoms with Gasteiger partial charge in [-0.3, -0.25) is 9.59 Å². The molecule has 2 amide bonds. The number of halogens is 2. The molecular formula is C30H41F2N3O5. The fourth-order valence-electron chi connectivity index (χ4n) is 4.38. The number of hydrogen-bond acceptors (Lipinski definition) is 6. The van der Waals surface area contributed by atoms with E-state index in [1.54, 1.807) is 0 Å². The summed E-state index contributed by atoms with van der Waals surface area (Å²) < 4.78 is 32.0. The van der Waals surface area contributed by atoms with Crippen molar-refractivity contribution < 1.29 is 33.0 Å². The fraction of sp³-hybridized carbons (Fsp3) is 0.500. The molecule has 0 aliphatic rings. The molecule has 0 unspecified atom stereocenters. The van der Waals surface area contributed by atoms with Crippen LogP contribution in [0.5, 0.6) is 0 Å². The van der Waals surface area contributed by atoms with E-state index in [1.165, 1.54) is 12.0 Å². The van der Waals surface area contributed by atoms with Crippen LogP contribution in [0.15, 0.2) is 42.5 Å². The lowest BCUT2D eigenvalue weighted by atomic mass is 10.00. The Morgan fingerprint density at radius 1 is 1.02 bits per heavy atom. The second-order valence-corrected chi connectivity index (χ2v) is 9.97. The van der Waals surface area contributed by atoms with E-state index in [0.717, 1.165) is 48.6 Å². The Balaban J connectivity index is 2.28. The molecule has 0 saturated heterocycles. The van der Waals surface area contributed by atoms with Gasteiger partial charge in [0.25, 0.3) is 0 Å². The van der Waals surface area contributed by atoms with Gasteiger partial charge in [-0.05, 0) is 54.5 Å². The van der Waals surface area contributed by atoms with Gasteiger partial charge in [0.2, 0.25) is 5.91 Å². The van der Waals surface area contributed by atoms with Crippen LogP contribution in [0, 0.1) is 11.6 Å². The van der Waals surface area contributed by atoms with Gasteiger partial charge in [0.05, 0.1) is 13.2 Å². The lowest BCUT2D eigenvalue weighted by Gasteiger charge is -2.31. The van der Waals surface area contributed by atoms with E-state index >= 15 is 0 Å². The first-order valence-corrected chi connectivity index (χ1v) is 13.7. The van der Waals surface area contributed by atoms with E-state index < -0.39 is 41.8 Å². The number of aliphatic hydroxyl groups is 1. The summed E-state index contributed by atoms with van der Waals surface area (Å²) in [5.41, 5.74) is 8.32. The Morgan fingerprint density at radius 2 is 1.70 bits per heavy atom. The number of hydrogen-bond donors (Lipinski definition) is 3. The normalized spacial score (nSPS) is 13.3. The largest absolute Gasteiger partial charge is 0.453 e. The van der Waals surface area contributed by atoms with Crippen LogP contribution >= 0.6 is 0 Å². The molecule has 0 fully saturated rings. The Hall–Kier alpha value is -3.37. The van der Waals surface area contributed by atoms with Crippen LogP contribution in [0.25, 0.3) is 0 Å². The highest BCUT2D eigenvalue weighted by atomic mass is 19.1. The summed E-state index contributed by atoms with van der Waals surface area (Å²) in [4.78, 5) is 39.6. The van der Waals surface area contributed by atoms with Gasteiger partial charge in [-0.25, -0.2) is 13.6 Å². The molecule has 10 heteroatoms. The third-order valence-electron chi connectivity index (χ3n) is 6.68. The first-order valence-electron chi connectivity index (χ1n) is 13.7. The topological polar surface area (TPSA) is 122 Å². The predicted octanol–water partition coefficient (Wildman–Crippen LogP) is 4.05. The number of amides is 2. The molecule has 8 nitrogen and oxygen atoms in total. The third kappa shape index (κ3) is 11.0. The predicted molar refractivity (Wildman–Crippen MR) is 148 cm³/mol. The number of benzene rings is 2. The highest BCUT2D eigenvalue weighted by molar-refractivity contribution is 5.87. The van der Waals surface area contributed by atoms with Crippen molar-refractivity contribution in [2.24, 2.45) is 5.73 Å². The average molecular weight is 562 g/mol. The zero-order valence-corrected chi connectivity index (χ0v) is 23.5. The summed E-state index contributed by atoms with van der Waals surface area (Å²) in [6.07, 6.45) is 0.815. The number of ketones is 1. The number of alkyl carbamates (subject to hydrolysis) is 1. The molecule has 0 aliphatic carbocycles. The van der Waals surface area contributed by atoms with Crippen molar-refractivity contribution in [3.05, 3.63) is 70.8 Å². The summed E-state index contributed by atoms with van der Waals surface area (Å²) >= 11 is 0. The molecule has 2 rings (SSSR count).